The largest absolute Gasteiger partial charge is 0.429 e. The van der Waals surface area contributed by atoms with Gasteiger partial charge >= 0.3 is 0 Å². The molecule has 108 valence electrons. The molecule has 0 saturated heterocycles. The first-order valence-electron chi connectivity index (χ1n) is 5.98. The summed E-state index contributed by atoms with van der Waals surface area (Å²) in [6, 6.07) is 8.58. The van der Waals surface area contributed by atoms with Crippen LogP contribution in [0.5, 0.6) is 0 Å². The summed E-state index contributed by atoms with van der Waals surface area (Å²) in [4.78, 5) is 2.35. The van der Waals surface area contributed by atoms with Crippen LogP contribution in [0.1, 0.15) is 19.0 Å². The van der Waals surface area contributed by atoms with Crippen molar-refractivity contribution < 1.29 is 24.8 Å². The second kappa shape index (κ2) is 5.12. The molecule has 5 N–H and O–H groups in total. The van der Waals surface area contributed by atoms with Gasteiger partial charge in [0, 0.05) is 12.0 Å². The van der Waals surface area contributed by atoms with Crippen molar-refractivity contribution >= 4 is 12.2 Å². The quantitative estimate of drug-likeness (QED) is 0.429. The second-order valence-electron chi connectivity index (χ2n) is 4.43. The Bertz CT molecular complexity index is 644. The van der Waals surface area contributed by atoms with Gasteiger partial charge in [0.25, 0.3) is 10.6 Å². The van der Waals surface area contributed by atoms with Gasteiger partial charge in [0.2, 0.25) is 5.79 Å². The lowest BCUT2D eigenvalue weighted by Gasteiger charge is -2.33. The first kappa shape index (κ1) is 14.9. The molecule has 7 heteroatoms. The minimum atomic E-state index is -2.95. The maximum Gasteiger partial charge on any atom is 0.266 e. The topological polar surface area (TPSA) is 110 Å². The molecule has 1 aromatic carbocycles. The van der Waals surface area contributed by atoms with Crippen LogP contribution >= 0.6 is 12.2 Å². The fraction of sp³-hybridized carbons (Fsp3) is 0.308. The van der Waals surface area contributed by atoms with Gasteiger partial charge in [-0.1, -0.05) is 37.3 Å². The van der Waals surface area contributed by atoms with E-state index in [1.54, 1.807) is 30.3 Å². The molecule has 20 heavy (non-hydrogen) atoms. The molecule has 0 aliphatic heterocycles. The zero-order valence-electron chi connectivity index (χ0n) is 10.7. The van der Waals surface area contributed by atoms with E-state index in [4.69, 9.17) is 16.6 Å². The molecule has 0 radical (unpaired) electrons. The van der Waals surface area contributed by atoms with E-state index < -0.39 is 11.6 Å². The van der Waals surface area contributed by atoms with Crippen LogP contribution in [-0.2, 0) is 5.79 Å². The zero-order chi connectivity index (χ0) is 15.0. The number of hydrogen-bond donors (Lipinski definition) is 5. The van der Waals surface area contributed by atoms with Crippen LogP contribution < -0.4 is 0 Å². The number of rotatable bonds is 4. The maximum atomic E-state index is 10.1. The highest BCUT2D eigenvalue weighted by atomic mass is 32.1. The lowest BCUT2D eigenvalue weighted by molar-refractivity contribution is -0.367. The predicted octanol–water partition coefficient (Wildman–Crippen LogP) is 1.23. The van der Waals surface area contributed by atoms with Crippen LogP contribution in [0.3, 0.4) is 0 Å². The molecule has 0 fully saturated rings. The van der Waals surface area contributed by atoms with Crippen LogP contribution in [0, 0.1) is 4.84 Å². The summed E-state index contributed by atoms with van der Waals surface area (Å²) in [5, 5.41) is 39.7. The Balaban J connectivity index is 2.62. The van der Waals surface area contributed by atoms with E-state index in [1.165, 1.54) is 6.92 Å². The summed E-state index contributed by atoms with van der Waals surface area (Å²) in [7, 11) is 0. The average Bonchev–Trinajstić information content (AvgIpc) is 2.82. The van der Waals surface area contributed by atoms with Crippen LogP contribution in [0.15, 0.2) is 34.7 Å². The third-order valence-electron chi connectivity index (χ3n) is 3.08. The first-order chi connectivity index (χ1) is 9.29. The number of H-pyrrole nitrogens is 1. The van der Waals surface area contributed by atoms with Crippen molar-refractivity contribution in [1.82, 2.24) is 4.98 Å². The third-order valence-corrected chi connectivity index (χ3v) is 3.27. The van der Waals surface area contributed by atoms with E-state index >= 15 is 0 Å². The summed E-state index contributed by atoms with van der Waals surface area (Å²) < 4.78 is 5.24. The molecule has 6 nitrogen and oxygen atoms in total. The van der Waals surface area contributed by atoms with Crippen LogP contribution in [-0.4, -0.2) is 31.2 Å². The Morgan fingerprint density at radius 2 is 1.75 bits per heavy atom. The first-order valence-corrected chi connectivity index (χ1v) is 6.39. The van der Waals surface area contributed by atoms with Gasteiger partial charge in [0.1, 0.15) is 5.69 Å². The Labute approximate surface area is 119 Å². The molecule has 2 rings (SSSR count). The molecule has 0 atom stereocenters. The Morgan fingerprint density at radius 3 is 2.30 bits per heavy atom. The molecule has 0 spiro atoms. The highest BCUT2D eigenvalue weighted by Crippen LogP contribution is 2.36. The van der Waals surface area contributed by atoms with Gasteiger partial charge in [-0.25, -0.2) is 0 Å². The molecule has 1 heterocycles. The molecule has 0 amide bonds. The van der Waals surface area contributed by atoms with Crippen molar-refractivity contribution in [1.29, 1.82) is 0 Å². The van der Waals surface area contributed by atoms with E-state index in [0.717, 1.165) is 0 Å². The smallest absolute Gasteiger partial charge is 0.266 e. The molecule has 0 bridgehead atoms. The van der Waals surface area contributed by atoms with Crippen molar-refractivity contribution in [3.63, 3.8) is 0 Å². The number of oxazole rings is 1. The van der Waals surface area contributed by atoms with E-state index in [2.05, 4.69) is 4.98 Å². The lowest BCUT2D eigenvalue weighted by atomic mass is 9.96. The van der Waals surface area contributed by atoms with E-state index in [1.807, 2.05) is 0 Å². The van der Waals surface area contributed by atoms with E-state index in [9.17, 15) is 20.4 Å². The fourth-order valence-corrected chi connectivity index (χ4v) is 2.00. The molecule has 0 aliphatic carbocycles. The Kier molecular flexibility index (Phi) is 3.81. The molecular formula is C13H15NO5S. The van der Waals surface area contributed by atoms with Crippen LogP contribution in [0.2, 0.25) is 0 Å². The summed E-state index contributed by atoms with van der Waals surface area (Å²) >= 11 is 4.84. The lowest BCUT2D eigenvalue weighted by Crippen LogP contribution is -2.52. The molecule has 0 unspecified atom stereocenters. The average molecular weight is 297 g/mol. The molecular weight excluding hydrogens is 282 g/mol. The number of aromatic amines is 1. The van der Waals surface area contributed by atoms with Gasteiger partial charge < -0.3 is 29.8 Å². The Hall–Kier alpha value is -1.51. The van der Waals surface area contributed by atoms with Gasteiger partial charge in [-0.05, 0) is 12.2 Å². The van der Waals surface area contributed by atoms with Crippen molar-refractivity contribution in [2.75, 3.05) is 0 Å². The number of benzene rings is 1. The Morgan fingerprint density at radius 1 is 1.15 bits per heavy atom. The standard InChI is InChI=1S/C13H15NO5S/c1-2-12(15,16)13(17,18)10-9(19-11(20)14-10)8-6-4-3-5-7-8/h3-7,15-18H,2H2,1H3,(H,14,20). The summed E-state index contributed by atoms with van der Waals surface area (Å²) in [6.45, 7) is 1.40. The SMILES string of the molecule is CCC(O)(O)C(O)(O)c1[nH]c(=S)oc1-c1ccccc1. The third kappa shape index (κ3) is 2.41. The summed E-state index contributed by atoms with van der Waals surface area (Å²) in [5.74, 6) is -5.66. The fourth-order valence-electron chi connectivity index (χ4n) is 1.81. The van der Waals surface area contributed by atoms with Gasteiger partial charge in [-0.15, -0.1) is 0 Å². The number of aliphatic hydroxyl groups is 4. The van der Waals surface area contributed by atoms with E-state index in [0.29, 0.717) is 5.56 Å². The minimum absolute atomic E-state index is 0.0431. The highest BCUT2D eigenvalue weighted by Gasteiger charge is 2.50. The molecule has 2 aromatic rings. The summed E-state index contributed by atoms with van der Waals surface area (Å²) in [6.07, 6.45) is -0.306. The van der Waals surface area contributed by atoms with Crippen molar-refractivity contribution in [3.05, 3.63) is 40.9 Å². The van der Waals surface area contributed by atoms with Crippen LogP contribution in [0.25, 0.3) is 11.3 Å². The van der Waals surface area contributed by atoms with Gasteiger partial charge in [0.15, 0.2) is 5.76 Å². The number of aromatic nitrogens is 1. The normalized spacial score (nSPS) is 12.7. The minimum Gasteiger partial charge on any atom is -0.429 e. The van der Waals surface area contributed by atoms with Crippen LogP contribution in [0.4, 0.5) is 0 Å². The number of hydrogen-bond acceptors (Lipinski definition) is 6. The van der Waals surface area contributed by atoms with Gasteiger partial charge in [-0.3, -0.25) is 0 Å². The highest BCUT2D eigenvalue weighted by molar-refractivity contribution is 7.71. The van der Waals surface area contributed by atoms with Crippen molar-refractivity contribution in [3.8, 4) is 11.3 Å². The van der Waals surface area contributed by atoms with Gasteiger partial charge in [-0.2, -0.15) is 0 Å². The van der Waals surface area contributed by atoms with Gasteiger partial charge in [0.05, 0.1) is 0 Å². The summed E-state index contributed by atoms with van der Waals surface area (Å²) in [5.41, 5.74) is 0.217. The number of nitrogens with one attached hydrogen (secondary N) is 1. The molecule has 0 aliphatic rings. The second-order valence-corrected chi connectivity index (χ2v) is 4.80. The maximum absolute atomic E-state index is 10.1. The van der Waals surface area contributed by atoms with E-state index in [-0.39, 0.29) is 22.7 Å². The molecule has 0 saturated carbocycles. The van der Waals surface area contributed by atoms with Crippen molar-refractivity contribution in [2.24, 2.45) is 0 Å². The predicted molar refractivity (Wildman–Crippen MR) is 72.9 cm³/mol. The zero-order valence-corrected chi connectivity index (χ0v) is 11.5. The molecule has 1 aromatic heterocycles. The van der Waals surface area contributed by atoms with Crippen molar-refractivity contribution in [2.45, 2.75) is 24.9 Å². The monoisotopic (exact) mass is 297 g/mol.